The molecule has 0 unspecified atom stereocenters. The maximum absolute atomic E-state index is 9.03. The van der Waals surface area contributed by atoms with Crippen LogP contribution in [0.5, 0.6) is 0 Å². The Balaban J connectivity index is 1.48. The van der Waals surface area contributed by atoms with Crippen LogP contribution >= 0.6 is 0 Å². The quantitative estimate of drug-likeness (QED) is 0.835. The summed E-state index contributed by atoms with van der Waals surface area (Å²) in [4.78, 5) is 9.20. The predicted molar refractivity (Wildman–Crippen MR) is 90.8 cm³/mol. The molecule has 2 aliphatic rings. The molecular weight excluding hydrogens is 273 g/mol. The predicted octanol–water partition coefficient (Wildman–Crippen LogP) is 0.796. The highest BCUT2D eigenvalue weighted by Gasteiger charge is 2.29. The van der Waals surface area contributed by atoms with Crippen molar-refractivity contribution in [1.82, 2.24) is 9.88 Å². The minimum Gasteiger partial charge on any atom is -0.395 e. The highest BCUT2D eigenvalue weighted by atomic mass is 16.3. The minimum absolute atomic E-state index is 0.288. The van der Waals surface area contributed by atoms with Gasteiger partial charge in [0.05, 0.1) is 6.61 Å². The SMILES string of the molecule is [B]c1cccc(N2CCC(C3CCN(CCO)CC3)CC2)n1. The Hall–Kier alpha value is -1.07. The van der Waals surface area contributed by atoms with Crippen molar-refractivity contribution in [2.75, 3.05) is 44.2 Å². The van der Waals surface area contributed by atoms with Crippen LogP contribution in [0, 0.1) is 11.8 Å². The van der Waals surface area contributed by atoms with Crippen molar-refractivity contribution in [1.29, 1.82) is 0 Å². The number of aliphatic hydroxyl groups excluding tert-OH is 1. The third kappa shape index (κ3) is 3.82. The van der Waals surface area contributed by atoms with Crippen LogP contribution in [0.4, 0.5) is 5.82 Å². The molecule has 2 radical (unpaired) electrons. The van der Waals surface area contributed by atoms with Gasteiger partial charge in [0.15, 0.2) is 0 Å². The highest BCUT2D eigenvalue weighted by Crippen LogP contribution is 2.33. The van der Waals surface area contributed by atoms with Crippen molar-refractivity contribution in [3.63, 3.8) is 0 Å². The fourth-order valence-corrected chi connectivity index (χ4v) is 4.01. The van der Waals surface area contributed by atoms with Crippen LogP contribution in [0.25, 0.3) is 0 Å². The molecule has 2 aliphatic heterocycles. The largest absolute Gasteiger partial charge is 0.395 e. The first-order valence-corrected chi connectivity index (χ1v) is 8.57. The molecule has 1 N–H and O–H groups in total. The first-order valence-electron chi connectivity index (χ1n) is 8.57. The van der Waals surface area contributed by atoms with Crippen LogP contribution in [0.1, 0.15) is 25.7 Å². The molecule has 118 valence electrons. The van der Waals surface area contributed by atoms with E-state index in [1.165, 1.54) is 25.7 Å². The van der Waals surface area contributed by atoms with Crippen LogP contribution in [0.3, 0.4) is 0 Å². The molecule has 1 aromatic heterocycles. The molecular formula is C17H26BN3O. The Morgan fingerprint density at radius 2 is 1.68 bits per heavy atom. The third-order valence-electron chi connectivity index (χ3n) is 5.33. The van der Waals surface area contributed by atoms with Gasteiger partial charge in [-0.2, -0.15) is 0 Å². The van der Waals surface area contributed by atoms with Gasteiger partial charge in [-0.3, -0.25) is 0 Å². The molecule has 0 bridgehead atoms. The van der Waals surface area contributed by atoms with Crippen LogP contribution < -0.4 is 10.5 Å². The van der Waals surface area contributed by atoms with Crippen LogP contribution in [0.15, 0.2) is 18.2 Å². The van der Waals surface area contributed by atoms with E-state index >= 15 is 0 Å². The average Bonchev–Trinajstić information content (AvgIpc) is 2.56. The average molecular weight is 299 g/mol. The van der Waals surface area contributed by atoms with E-state index < -0.39 is 0 Å². The standard InChI is InChI=1S/C17H26BN3O/c18-16-2-1-3-17(19-16)21-10-6-15(7-11-21)14-4-8-20(9-5-14)12-13-22/h1-3,14-15,22H,4-13H2. The first-order chi connectivity index (χ1) is 10.8. The highest BCUT2D eigenvalue weighted by molar-refractivity contribution is 6.30. The van der Waals surface area contributed by atoms with Crippen molar-refractivity contribution in [3.8, 4) is 0 Å². The molecule has 2 saturated heterocycles. The molecule has 0 atom stereocenters. The molecule has 2 fully saturated rings. The van der Waals surface area contributed by atoms with E-state index in [1.54, 1.807) is 0 Å². The summed E-state index contributed by atoms with van der Waals surface area (Å²) in [6, 6.07) is 5.89. The Kier molecular flexibility index (Phi) is 5.37. The summed E-state index contributed by atoms with van der Waals surface area (Å²) in [7, 11) is 5.79. The summed E-state index contributed by atoms with van der Waals surface area (Å²) in [6.07, 6.45) is 5.12. The number of aliphatic hydroxyl groups is 1. The Bertz CT molecular complexity index is 469. The molecule has 1 aromatic rings. The first kappa shape index (κ1) is 15.8. The van der Waals surface area contributed by atoms with Gasteiger partial charge < -0.3 is 14.9 Å². The number of nitrogens with zero attached hydrogens (tertiary/aromatic N) is 3. The molecule has 3 rings (SSSR count). The van der Waals surface area contributed by atoms with Crippen LogP contribution in [-0.2, 0) is 0 Å². The second-order valence-corrected chi connectivity index (χ2v) is 6.65. The number of pyridine rings is 1. The Morgan fingerprint density at radius 3 is 2.27 bits per heavy atom. The minimum atomic E-state index is 0.288. The number of piperidine rings is 2. The molecule has 0 aromatic carbocycles. The van der Waals surface area contributed by atoms with Crippen molar-refractivity contribution >= 4 is 19.3 Å². The number of anilines is 1. The smallest absolute Gasteiger partial charge is 0.141 e. The fraction of sp³-hybridized carbons (Fsp3) is 0.706. The van der Waals surface area contributed by atoms with Crippen molar-refractivity contribution in [2.24, 2.45) is 11.8 Å². The zero-order valence-corrected chi connectivity index (χ0v) is 13.3. The second-order valence-electron chi connectivity index (χ2n) is 6.65. The van der Waals surface area contributed by atoms with Gasteiger partial charge in [-0.25, -0.2) is 4.98 Å². The lowest BCUT2D eigenvalue weighted by molar-refractivity contribution is 0.115. The zero-order valence-electron chi connectivity index (χ0n) is 13.3. The zero-order chi connectivity index (χ0) is 15.4. The third-order valence-corrected chi connectivity index (χ3v) is 5.33. The fourth-order valence-electron chi connectivity index (χ4n) is 4.01. The molecule has 4 nitrogen and oxygen atoms in total. The van der Waals surface area contributed by atoms with Crippen molar-refractivity contribution < 1.29 is 5.11 Å². The molecule has 0 spiro atoms. The van der Waals surface area contributed by atoms with E-state index in [2.05, 4.69) is 20.9 Å². The lowest BCUT2D eigenvalue weighted by Crippen LogP contribution is -2.41. The van der Waals surface area contributed by atoms with Gasteiger partial charge in [0.1, 0.15) is 13.7 Å². The maximum atomic E-state index is 9.03. The summed E-state index contributed by atoms with van der Waals surface area (Å²) in [5, 5.41) is 9.03. The van der Waals surface area contributed by atoms with Gasteiger partial charge in [0, 0.05) is 19.6 Å². The van der Waals surface area contributed by atoms with E-state index in [4.69, 9.17) is 13.0 Å². The maximum Gasteiger partial charge on any atom is 0.141 e. The lowest BCUT2D eigenvalue weighted by atomic mass is 9.79. The van der Waals surface area contributed by atoms with Crippen molar-refractivity contribution in [2.45, 2.75) is 25.7 Å². The number of likely N-dealkylation sites (tertiary alicyclic amines) is 1. The molecule has 0 aliphatic carbocycles. The number of aromatic nitrogens is 1. The number of β-amino-alcohol motifs (C(OH)–C–C–N with tert-alkyl or cyclic N) is 1. The summed E-state index contributed by atoms with van der Waals surface area (Å²) in [6.45, 7) is 5.63. The van der Waals surface area contributed by atoms with Gasteiger partial charge in [-0.15, -0.1) is 0 Å². The number of hydrogen-bond acceptors (Lipinski definition) is 4. The molecule has 0 amide bonds. The van der Waals surface area contributed by atoms with E-state index in [0.717, 1.165) is 50.4 Å². The van der Waals surface area contributed by atoms with Gasteiger partial charge in [0.2, 0.25) is 0 Å². The molecule has 3 heterocycles. The van der Waals surface area contributed by atoms with Gasteiger partial charge in [-0.05, 0) is 62.3 Å². The summed E-state index contributed by atoms with van der Waals surface area (Å²) < 4.78 is 0. The monoisotopic (exact) mass is 299 g/mol. The van der Waals surface area contributed by atoms with Gasteiger partial charge in [0.25, 0.3) is 0 Å². The van der Waals surface area contributed by atoms with Crippen LogP contribution in [-0.4, -0.2) is 62.2 Å². The van der Waals surface area contributed by atoms with E-state index in [0.29, 0.717) is 5.59 Å². The van der Waals surface area contributed by atoms with Crippen LogP contribution in [0.2, 0.25) is 0 Å². The molecule has 5 heteroatoms. The number of hydrogen-bond donors (Lipinski definition) is 1. The molecule has 0 saturated carbocycles. The topological polar surface area (TPSA) is 39.6 Å². The van der Waals surface area contributed by atoms with E-state index in [-0.39, 0.29) is 6.61 Å². The molecule has 22 heavy (non-hydrogen) atoms. The second kappa shape index (κ2) is 7.47. The Morgan fingerprint density at radius 1 is 1.05 bits per heavy atom. The normalized spacial score (nSPS) is 22.1. The lowest BCUT2D eigenvalue weighted by Gasteiger charge is -2.40. The van der Waals surface area contributed by atoms with Gasteiger partial charge in [-0.1, -0.05) is 12.1 Å². The summed E-state index contributed by atoms with van der Waals surface area (Å²) in [5.41, 5.74) is 0.607. The Labute approximate surface area is 134 Å². The summed E-state index contributed by atoms with van der Waals surface area (Å²) >= 11 is 0. The summed E-state index contributed by atoms with van der Waals surface area (Å²) in [5.74, 6) is 2.75. The number of rotatable bonds is 4. The van der Waals surface area contributed by atoms with E-state index in [9.17, 15) is 0 Å². The van der Waals surface area contributed by atoms with Gasteiger partial charge >= 0.3 is 0 Å². The van der Waals surface area contributed by atoms with E-state index in [1.807, 2.05) is 12.1 Å². The van der Waals surface area contributed by atoms with Crippen molar-refractivity contribution in [3.05, 3.63) is 18.2 Å².